The molecule has 0 aliphatic rings. The molecule has 7 N–H and O–H groups in total. The van der Waals surface area contributed by atoms with Gasteiger partial charge in [0.15, 0.2) is 0 Å². The fraction of sp³-hybridized carbons (Fsp3) is 0.944. The van der Waals surface area contributed by atoms with Gasteiger partial charge in [0.25, 0.3) is 0 Å². The number of carbonyl (C=O) groups excluding carboxylic acids is 1. The molecule has 0 radical (unpaired) electrons. The van der Waals surface area contributed by atoms with Crippen molar-refractivity contribution in [2.75, 3.05) is 65.4 Å². The predicted molar refractivity (Wildman–Crippen MR) is 107 cm³/mol. The molecule has 0 aromatic heterocycles. The summed E-state index contributed by atoms with van der Waals surface area (Å²) in [5.74, 6) is 0.0524. The lowest BCUT2D eigenvalue weighted by molar-refractivity contribution is -0.118. The summed E-state index contributed by atoms with van der Waals surface area (Å²) in [6, 6.07) is 0. The van der Waals surface area contributed by atoms with Gasteiger partial charge in [0.2, 0.25) is 5.91 Å². The third-order valence-corrected chi connectivity index (χ3v) is 3.83. The van der Waals surface area contributed by atoms with Gasteiger partial charge in [-0.25, -0.2) is 0 Å². The lowest BCUT2D eigenvalue weighted by atomic mass is 10.3. The standard InChI is InChI=1S/C18H42N6O/c1-18(25)24-17-7-16-21-10-3-2-9-20-12-5-14-23-15-6-13-22-11-4-8-19/h20-23H,2-17,19H2,1H3,(H,24,25). The maximum absolute atomic E-state index is 10.7. The van der Waals surface area contributed by atoms with Crippen molar-refractivity contribution in [1.29, 1.82) is 0 Å². The molecule has 0 fully saturated rings. The molecule has 7 heteroatoms. The highest BCUT2D eigenvalue weighted by Crippen LogP contribution is 1.86. The summed E-state index contributed by atoms with van der Waals surface area (Å²) >= 11 is 0. The maximum Gasteiger partial charge on any atom is 0.216 e. The molecule has 0 aliphatic carbocycles. The summed E-state index contributed by atoms with van der Waals surface area (Å²) in [5.41, 5.74) is 5.44. The van der Waals surface area contributed by atoms with E-state index in [0.717, 1.165) is 78.3 Å². The zero-order valence-electron chi connectivity index (χ0n) is 16.3. The van der Waals surface area contributed by atoms with Gasteiger partial charge in [-0.3, -0.25) is 4.79 Å². The molecule has 0 aromatic rings. The van der Waals surface area contributed by atoms with Gasteiger partial charge < -0.3 is 32.3 Å². The van der Waals surface area contributed by atoms with E-state index in [1.807, 2.05) is 0 Å². The molecular formula is C18H42N6O. The third kappa shape index (κ3) is 23.3. The summed E-state index contributed by atoms with van der Waals surface area (Å²) in [6.45, 7) is 11.6. The van der Waals surface area contributed by atoms with Crippen LogP contribution in [0.4, 0.5) is 0 Å². The summed E-state index contributed by atoms with van der Waals surface area (Å²) in [4.78, 5) is 10.7. The van der Waals surface area contributed by atoms with Crippen molar-refractivity contribution >= 4 is 5.91 Å². The number of nitrogens with one attached hydrogen (secondary N) is 5. The number of nitrogens with two attached hydrogens (primary N) is 1. The second kappa shape index (κ2) is 21.3. The lowest BCUT2D eigenvalue weighted by Gasteiger charge is -2.08. The van der Waals surface area contributed by atoms with E-state index in [4.69, 9.17) is 5.73 Å². The van der Waals surface area contributed by atoms with Gasteiger partial charge in [-0.05, 0) is 97.4 Å². The Bertz CT molecular complexity index is 278. The third-order valence-electron chi connectivity index (χ3n) is 3.83. The predicted octanol–water partition coefficient (Wildman–Crippen LogP) is -0.220. The van der Waals surface area contributed by atoms with Gasteiger partial charge in [-0.15, -0.1) is 0 Å². The minimum absolute atomic E-state index is 0.0524. The van der Waals surface area contributed by atoms with Gasteiger partial charge >= 0.3 is 0 Å². The number of amides is 1. The number of carbonyl (C=O) groups is 1. The Kier molecular flexibility index (Phi) is 20.7. The maximum atomic E-state index is 10.7. The Morgan fingerprint density at radius 1 is 0.600 bits per heavy atom. The average Bonchev–Trinajstić information content (AvgIpc) is 2.60. The van der Waals surface area contributed by atoms with Crippen LogP contribution in [0.5, 0.6) is 0 Å². The first-order valence-corrected chi connectivity index (χ1v) is 10.0. The SMILES string of the molecule is CC(=O)NCCCNCCCCNCCCNCCCNCCCN. The Labute approximate surface area is 154 Å². The molecule has 0 spiro atoms. The fourth-order valence-corrected chi connectivity index (χ4v) is 2.38. The zero-order valence-corrected chi connectivity index (χ0v) is 16.3. The average molecular weight is 359 g/mol. The van der Waals surface area contributed by atoms with E-state index in [9.17, 15) is 4.79 Å². The summed E-state index contributed by atoms with van der Waals surface area (Å²) in [7, 11) is 0. The van der Waals surface area contributed by atoms with Crippen LogP contribution >= 0.6 is 0 Å². The first-order chi connectivity index (χ1) is 12.3. The molecule has 0 aliphatic heterocycles. The van der Waals surface area contributed by atoms with Crippen molar-refractivity contribution in [2.24, 2.45) is 5.73 Å². The van der Waals surface area contributed by atoms with Crippen LogP contribution in [0.25, 0.3) is 0 Å². The molecular weight excluding hydrogens is 316 g/mol. The number of rotatable bonds is 20. The largest absolute Gasteiger partial charge is 0.356 e. The van der Waals surface area contributed by atoms with E-state index in [0.29, 0.717) is 0 Å². The van der Waals surface area contributed by atoms with Crippen molar-refractivity contribution < 1.29 is 4.79 Å². The van der Waals surface area contributed by atoms with Crippen molar-refractivity contribution in [3.8, 4) is 0 Å². The monoisotopic (exact) mass is 358 g/mol. The quantitative estimate of drug-likeness (QED) is 0.168. The van der Waals surface area contributed by atoms with Crippen molar-refractivity contribution in [3.63, 3.8) is 0 Å². The summed E-state index contributed by atoms with van der Waals surface area (Å²) in [5, 5.41) is 16.6. The fourth-order valence-electron chi connectivity index (χ4n) is 2.38. The Morgan fingerprint density at radius 2 is 0.960 bits per heavy atom. The van der Waals surface area contributed by atoms with Gasteiger partial charge in [0.1, 0.15) is 0 Å². The van der Waals surface area contributed by atoms with Crippen LogP contribution in [0.15, 0.2) is 0 Å². The van der Waals surface area contributed by atoms with Crippen molar-refractivity contribution in [2.45, 2.75) is 45.4 Å². The first-order valence-electron chi connectivity index (χ1n) is 10.0. The van der Waals surface area contributed by atoms with Crippen LogP contribution in [0.1, 0.15) is 45.4 Å². The molecule has 7 nitrogen and oxygen atoms in total. The van der Waals surface area contributed by atoms with E-state index in [1.54, 1.807) is 6.92 Å². The second-order valence-corrected chi connectivity index (χ2v) is 6.39. The number of unbranched alkanes of at least 4 members (excludes halogenated alkanes) is 1. The van der Waals surface area contributed by atoms with Gasteiger partial charge in [0, 0.05) is 13.5 Å². The first kappa shape index (κ1) is 24.3. The highest BCUT2D eigenvalue weighted by Gasteiger charge is 1.93. The van der Waals surface area contributed by atoms with Crippen molar-refractivity contribution in [1.82, 2.24) is 26.6 Å². The van der Waals surface area contributed by atoms with E-state index in [-0.39, 0.29) is 5.91 Å². The molecule has 0 unspecified atom stereocenters. The Hall–Kier alpha value is -0.730. The van der Waals surface area contributed by atoms with Gasteiger partial charge in [-0.2, -0.15) is 0 Å². The van der Waals surface area contributed by atoms with Crippen molar-refractivity contribution in [3.05, 3.63) is 0 Å². The highest BCUT2D eigenvalue weighted by atomic mass is 16.1. The van der Waals surface area contributed by atoms with E-state index >= 15 is 0 Å². The minimum atomic E-state index is 0.0524. The van der Waals surface area contributed by atoms with Crippen LogP contribution < -0.4 is 32.3 Å². The van der Waals surface area contributed by atoms with Gasteiger partial charge in [-0.1, -0.05) is 0 Å². The lowest BCUT2D eigenvalue weighted by Crippen LogP contribution is -2.27. The van der Waals surface area contributed by atoms with Crippen LogP contribution in [0.2, 0.25) is 0 Å². The minimum Gasteiger partial charge on any atom is -0.356 e. The topological polar surface area (TPSA) is 103 Å². The Balaban J connectivity index is 2.97. The summed E-state index contributed by atoms with van der Waals surface area (Å²) in [6.07, 6.45) is 6.82. The molecule has 0 rings (SSSR count). The molecule has 0 atom stereocenters. The molecule has 0 aromatic carbocycles. The molecule has 150 valence electrons. The van der Waals surface area contributed by atoms with Crippen LogP contribution in [-0.4, -0.2) is 71.4 Å². The molecule has 25 heavy (non-hydrogen) atoms. The normalized spacial score (nSPS) is 11.0. The van der Waals surface area contributed by atoms with Crippen LogP contribution in [0, 0.1) is 0 Å². The second-order valence-electron chi connectivity index (χ2n) is 6.39. The molecule has 0 saturated heterocycles. The van der Waals surface area contributed by atoms with Gasteiger partial charge in [0.05, 0.1) is 0 Å². The molecule has 1 amide bonds. The smallest absolute Gasteiger partial charge is 0.216 e. The van der Waals surface area contributed by atoms with E-state index < -0.39 is 0 Å². The number of hydrogen-bond acceptors (Lipinski definition) is 6. The molecule has 0 bridgehead atoms. The van der Waals surface area contributed by atoms with Crippen LogP contribution in [0.3, 0.4) is 0 Å². The Morgan fingerprint density at radius 3 is 1.36 bits per heavy atom. The number of hydrogen-bond donors (Lipinski definition) is 6. The molecule has 0 heterocycles. The summed E-state index contributed by atoms with van der Waals surface area (Å²) < 4.78 is 0. The zero-order chi connectivity index (χ0) is 18.4. The van der Waals surface area contributed by atoms with Crippen LogP contribution in [-0.2, 0) is 4.79 Å². The molecule has 0 saturated carbocycles. The van der Waals surface area contributed by atoms with E-state index in [1.165, 1.54) is 25.7 Å². The highest BCUT2D eigenvalue weighted by molar-refractivity contribution is 5.72. The van der Waals surface area contributed by atoms with E-state index in [2.05, 4.69) is 26.6 Å².